The molecule has 3 aromatic rings. The van der Waals surface area contributed by atoms with Crippen molar-refractivity contribution >= 4 is 11.6 Å². The molecule has 1 heterocycles. The normalized spacial score (nSPS) is 17.1. The molecule has 2 atom stereocenters. The summed E-state index contributed by atoms with van der Waals surface area (Å²) < 4.78 is 5.91. The Kier molecular flexibility index (Phi) is 8.16. The number of nitrogens with one attached hydrogen (secondary N) is 1. The van der Waals surface area contributed by atoms with Crippen molar-refractivity contribution in [3.05, 3.63) is 83.9 Å². The number of anilines is 1. The van der Waals surface area contributed by atoms with Crippen LogP contribution >= 0.6 is 0 Å². The van der Waals surface area contributed by atoms with Gasteiger partial charge in [-0.1, -0.05) is 32.0 Å². The highest BCUT2D eigenvalue weighted by molar-refractivity contribution is 5.94. The minimum absolute atomic E-state index is 0.0419. The largest absolute Gasteiger partial charge is 0.508 e. The van der Waals surface area contributed by atoms with Gasteiger partial charge >= 0.3 is 0 Å². The SMILES string of the molecule is Cc1cccc(Oc2ccc(C(=O)NC(CN3CCN(c4cccc(O)c4)[C@@H](C)C3)C(C)C)cc2)c1. The lowest BCUT2D eigenvalue weighted by atomic mass is 10.0. The number of ether oxygens (including phenoxy) is 1. The quantitative estimate of drug-likeness (QED) is 0.442. The molecular weight excluding hydrogens is 450 g/mol. The highest BCUT2D eigenvalue weighted by Crippen LogP contribution is 2.25. The van der Waals surface area contributed by atoms with E-state index in [2.05, 4.69) is 35.9 Å². The van der Waals surface area contributed by atoms with Crippen molar-refractivity contribution in [2.45, 2.75) is 39.8 Å². The van der Waals surface area contributed by atoms with E-state index in [1.807, 2.05) is 73.7 Å². The van der Waals surface area contributed by atoms with Gasteiger partial charge in [-0.3, -0.25) is 9.69 Å². The molecule has 36 heavy (non-hydrogen) atoms. The molecule has 0 aromatic heterocycles. The van der Waals surface area contributed by atoms with Crippen LogP contribution in [0.1, 0.15) is 36.7 Å². The average molecular weight is 488 g/mol. The number of benzene rings is 3. The minimum atomic E-state index is -0.0674. The minimum Gasteiger partial charge on any atom is -0.508 e. The Morgan fingerprint density at radius 1 is 1.03 bits per heavy atom. The fourth-order valence-corrected chi connectivity index (χ4v) is 4.70. The van der Waals surface area contributed by atoms with Crippen molar-refractivity contribution in [3.8, 4) is 17.2 Å². The number of aryl methyl sites for hydroxylation is 1. The first kappa shape index (κ1) is 25.6. The number of piperazine rings is 1. The van der Waals surface area contributed by atoms with E-state index in [0.717, 1.165) is 43.2 Å². The first-order valence-corrected chi connectivity index (χ1v) is 12.7. The molecule has 3 aromatic carbocycles. The van der Waals surface area contributed by atoms with Crippen molar-refractivity contribution in [1.29, 1.82) is 0 Å². The number of carbonyl (C=O) groups is 1. The maximum Gasteiger partial charge on any atom is 0.251 e. The van der Waals surface area contributed by atoms with Gasteiger partial charge in [0.25, 0.3) is 5.91 Å². The Hall–Kier alpha value is -3.51. The Morgan fingerprint density at radius 3 is 2.44 bits per heavy atom. The summed E-state index contributed by atoms with van der Waals surface area (Å²) in [5.41, 5.74) is 2.81. The fraction of sp³-hybridized carbons (Fsp3) is 0.367. The van der Waals surface area contributed by atoms with E-state index < -0.39 is 0 Å². The summed E-state index contributed by atoms with van der Waals surface area (Å²) in [6.07, 6.45) is 0. The molecule has 6 heteroatoms. The van der Waals surface area contributed by atoms with Crippen LogP contribution in [0.4, 0.5) is 5.69 Å². The van der Waals surface area contributed by atoms with E-state index in [1.54, 1.807) is 6.07 Å². The highest BCUT2D eigenvalue weighted by atomic mass is 16.5. The van der Waals surface area contributed by atoms with Gasteiger partial charge in [-0.15, -0.1) is 0 Å². The molecule has 0 aliphatic carbocycles. The van der Waals surface area contributed by atoms with Gasteiger partial charge in [-0.25, -0.2) is 0 Å². The smallest absolute Gasteiger partial charge is 0.251 e. The summed E-state index contributed by atoms with van der Waals surface area (Å²) in [6, 6.07) is 23.0. The van der Waals surface area contributed by atoms with E-state index in [9.17, 15) is 9.90 Å². The van der Waals surface area contributed by atoms with E-state index in [-0.39, 0.29) is 11.9 Å². The first-order valence-electron chi connectivity index (χ1n) is 12.7. The molecular formula is C30H37N3O3. The van der Waals surface area contributed by atoms with E-state index in [4.69, 9.17) is 4.74 Å². The molecule has 1 saturated heterocycles. The predicted molar refractivity (Wildman–Crippen MR) is 145 cm³/mol. The van der Waals surface area contributed by atoms with Crippen molar-refractivity contribution in [3.63, 3.8) is 0 Å². The second-order valence-electron chi connectivity index (χ2n) is 10.1. The Balaban J connectivity index is 1.33. The molecule has 190 valence electrons. The molecule has 0 saturated carbocycles. The van der Waals surface area contributed by atoms with Crippen LogP contribution in [0.25, 0.3) is 0 Å². The predicted octanol–water partition coefficient (Wildman–Crippen LogP) is 5.46. The molecule has 2 N–H and O–H groups in total. The number of phenols is 1. The van der Waals surface area contributed by atoms with Crippen LogP contribution in [0.3, 0.4) is 0 Å². The van der Waals surface area contributed by atoms with Gasteiger partial charge in [0, 0.05) is 55.6 Å². The third kappa shape index (κ3) is 6.58. The number of hydrogen-bond acceptors (Lipinski definition) is 5. The van der Waals surface area contributed by atoms with Gasteiger partial charge in [0.1, 0.15) is 17.2 Å². The van der Waals surface area contributed by atoms with Gasteiger partial charge in [0.15, 0.2) is 0 Å². The topological polar surface area (TPSA) is 65.0 Å². The van der Waals surface area contributed by atoms with E-state index in [1.165, 1.54) is 0 Å². The number of amides is 1. The molecule has 1 aliphatic heterocycles. The zero-order chi connectivity index (χ0) is 25.7. The molecule has 1 fully saturated rings. The lowest BCUT2D eigenvalue weighted by molar-refractivity contribution is 0.0903. The van der Waals surface area contributed by atoms with Crippen LogP contribution in [0.5, 0.6) is 17.2 Å². The molecule has 4 rings (SSSR count). The first-order chi connectivity index (χ1) is 17.3. The number of phenolic OH excluding ortho intramolecular Hbond substituents is 1. The molecule has 1 aliphatic rings. The van der Waals surface area contributed by atoms with Gasteiger partial charge in [-0.2, -0.15) is 0 Å². The average Bonchev–Trinajstić information content (AvgIpc) is 2.84. The third-order valence-corrected chi connectivity index (χ3v) is 6.79. The van der Waals surface area contributed by atoms with Crippen molar-refractivity contribution in [2.75, 3.05) is 31.1 Å². The van der Waals surface area contributed by atoms with Crippen LogP contribution in [0.2, 0.25) is 0 Å². The second kappa shape index (κ2) is 11.5. The Morgan fingerprint density at radius 2 is 1.78 bits per heavy atom. The molecule has 0 spiro atoms. The van der Waals surface area contributed by atoms with E-state index >= 15 is 0 Å². The van der Waals surface area contributed by atoms with Crippen molar-refractivity contribution in [2.24, 2.45) is 5.92 Å². The van der Waals surface area contributed by atoms with Gasteiger partial charge < -0.3 is 20.1 Å². The molecule has 1 unspecified atom stereocenters. The maximum absolute atomic E-state index is 13.0. The molecule has 1 amide bonds. The number of aromatic hydroxyl groups is 1. The summed E-state index contributed by atoms with van der Waals surface area (Å²) in [4.78, 5) is 17.8. The summed E-state index contributed by atoms with van der Waals surface area (Å²) in [5.74, 6) is 2.01. The van der Waals surface area contributed by atoms with Crippen molar-refractivity contribution < 1.29 is 14.6 Å². The van der Waals surface area contributed by atoms with Crippen LogP contribution in [-0.2, 0) is 0 Å². The molecule has 0 radical (unpaired) electrons. The second-order valence-corrected chi connectivity index (χ2v) is 10.1. The van der Waals surface area contributed by atoms with Crippen LogP contribution < -0.4 is 15.0 Å². The summed E-state index contributed by atoms with van der Waals surface area (Å²) in [7, 11) is 0. The zero-order valence-electron chi connectivity index (χ0n) is 21.6. The lowest BCUT2D eigenvalue weighted by Gasteiger charge is -2.42. The number of nitrogens with zero attached hydrogens (tertiary/aromatic N) is 2. The monoisotopic (exact) mass is 487 g/mol. The summed E-state index contributed by atoms with van der Waals surface area (Å²) in [5, 5.41) is 13.1. The van der Waals surface area contributed by atoms with E-state index in [0.29, 0.717) is 29.0 Å². The zero-order valence-corrected chi connectivity index (χ0v) is 21.6. The number of carbonyl (C=O) groups excluding carboxylic acids is 1. The van der Waals surface area contributed by atoms with Gasteiger partial charge in [-0.05, 0) is 73.9 Å². The summed E-state index contributed by atoms with van der Waals surface area (Å²) in [6.45, 7) is 12.0. The third-order valence-electron chi connectivity index (χ3n) is 6.79. The Bertz CT molecular complexity index is 1160. The van der Waals surface area contributed by atoms with Crippen molar-refractivity contribution in [1.82, 2.24) is 10.2 Å². The van der Waals surface area contributed by atoms with Gasteiger partial charge in [0.05, 0.1) is 0 Å². The number of hydrogen-bond donors (Lipinski definition) is 2. The summed E-state index contributed by atoms with van der Waals surface area (Å²) >= 11 is 0. The maximum atomic E-state index is 13.0. The fourth-order valence-electron chi connectivity index (χ4n) is 4.70. The Labute approximate surface area is 214 Å². The van der Waals surface area contributed by atoms with Crippen LogP contribution in [0.15, 0.2) is 72.8 Å². The molecule has 0 bridgehead atoms. The van der Waals surface area contributed by atoms with Gasteiger partial charge in [0.2, 0.25) is 0 Å². The highest BCUT2D eigenvalue weighted by Gasteiger charge is 2.27. The molecule has 6 nitrogen and oxygen atoms in total. The van der Waals surface area contributed by atoms with Crippen LogP contribution in [0, 0.1) is 12.8 Å². The van der Waals surface area contributed by atoms with Crippen LogP contribution in [-0.4, -0.2) is 54.2 Å². The standard InChI is InChI=1S/C30H37N3O3/c1-21(2)29(20-32-15-16-33(23(4)19-32)25-8-6-9-26(34)18-25)31-30(35)24-11-13-27(14-12-24)36-28-10-5-7-22(3)17-28/h5-14,17-18,21,23,29,34H,15-16,19-20H2,1-4H3,(H,31,35)/t23-,29?/m0/s1. The lowest BCUT2D eigenvalue weighted by Crippen LogP contribution is -2.56. The number of rotatable bonds is 8.